The highest BCUT2D eigenvalue weighted by Crippen LogP contribution is 2.41. The number of aromatic nitrogens is 1. The van der Waals surface area contributed by atoms with Crippen LogP contribution in [-0.4, -0.2) is 10.8 Å². The molecule has 0 atom stereocenters. The Labute approximate surface area is 121 Å². The van der Waals surface area contributed by atoms with Crippen molar-refractivity contribution in [3.63, 3.8) is 0 Å². The molecule has 0 aliphatic heterocycles. The molecule has 3 heteroatoms. The molecule has 4 rings (SSSR count). The van der Waals surface area contributed by atoms with Gasteiger partial charge in [-0.05, 0) is 29.3 Å². The Kier molecular flexibility index (Phi) is 2.57. The van der Waals surface area contributed by atoms with E-state index in [-0.39, 0.29) is 5.78 Å². The van der Waals surface area contributed by atoms with E-state index in [0.29, 0.717) is 17.1 Å². The zero-order chi connectivity index (χ0) is 14.2. The van der Waals surface area contributed by atoms with Gasteiger partial charge in [-0.1, -0.05) is 36.4 Å². The quantitative estimate of drug-likeness (QED) is 0.552. The third kappa shape index (κ3) is 1.82. The highest BCUT2D eigenvalue weighted by Gasteiger charge is 2.29. The number of hydrogen-bond acceptors (Lipinski definition) is 3. The predicted octanol–water partition coefficient (Wildman–Crippen LogP) is 4.09. The molecule has 3 nitrogen and oxygen atoms in total. The molecule has 0 saturated heterocycles. The van der Waals surface area contributed by atoms with Crippen molar-refractivity contribution in [2.45, 2.75) is 0 Å². The highest BCUT2D eigenvalue weighted by molar-refractivity contribution is 6.23. The molecule has 0 spiro atoms. The Hall–Kier alpha value is -2.94. The van der Waals surface area contributed by atoms with Crippen molar-refractivity contribution in [1.29, 1.82) is 0 Å². The molecule has 1 aliphatic rings. The van der Waals surface area contributed by atoms with Gasteiger partial charge in [-0.25, -0.2) is 0 Å². The molecule has 1 aliphatic carbocycles. The van der Waals surface area contributed by atoms with Gasteiger partial charge >= 0.3 is 0 Å². The number of ether oxygens (including phenoxy) is 1. The van der Waals surface area contributed by atoms with Crippen LogP contribution in [0.15, 0.2) is 67.0 Å². The fraction of sp³-hybridized carbons (Fsp3) is 0. The van der Waals surface area contributed by atoms with E-state index in [9.17, 15) is 4.79 Å². The van der Waals surface area contributed by atoms with Crippen molar-refractivity contribution < 1.29 is 9.53 Å². The number of benzene rings is 2. The largest absolute Gasteiger partial charge is 0.455 e. The Morgan fingerprint density at radius 1 is 0.810 bits per heavy atom. The van der Waals surface area contributed by atoms with Crippen molar-refractivity contribution in [1.82, 2.24) is 4.98 Å². The van der Waals surface area contributed by atoms with Gasteiger partial charge in [0.1, 0.15) is 11.5 Å². The number of carbonyl (C=O) groups is 1. The minimum atomic E-state index is 0.0140. The van der Waals surface area contributed by atoms with Crippen LogP contribution >= 0.6 is 0 Å². The van der Waals surface area contributed by atoms with E-state index in [2.05, 4.69) is 4.98 Å². The molecular weight excluding hydrogens is 262 g/mol. The van der Waals surface area contributed by atoms with Crippen LogP contribution in [0.2, 0.25) is 0 Å². The summed E-state index contributed by atoms with van der Waals surface area (Å²) < 4.78 is 5.84. The van der Waals surface area contributed by atoms with Crippen LogP contribution in [0.25, 0.3) is 11.1 Å². The van der Waals surface area contributed by atoms with Gasteiger partial charge in [0.05, 0.1) is 11.8 Å². The van der Waals surface area contributed by atoms with Gasteiger partial charge in [0.2, 0.25) is 0 Å². The summed E-state index contributed by atoms with van der Waals surface area (Å²) in [5.74, 6) is 1.21. The van der Waals surface area contributed by atoms with Crippen molar-refractivity contribution in [2.75, 3.05) is 0 Å². The van der Waals surface area contributed by atoms with Crippen molar-refractivity contribution in [3.8, 4) is 22.6 Å². The molecule has 0 amide bonds. The maximum atomic E-state index is 12.6. The molecule has 0 fully saturated rings. The maximum absolute atomic E-state index is 12.6. The number of nitrogens with zero attached hydrogens (tertiary/aromatic N) is 1. The summed E-state index contributed by atoms with van der Waals surface area (Å²) in [5.41, 5.74) is 3.25. The van der Waals surface area contributed by atoms with E-state index in [1.54, 1.807) is 18.5 Å². The summed E-state index contributed by atoms with van der Waals surface area (Å²) >= 11 is 0. The summed E-state index contributed by atoms with van der Waals surface area (Å²) in [4.78, 5) is 16.6. The van der Waals surface area contributed by atoms with Crippen LogP contribution in [-0.2, 0) is 0 Å². The Balaban J connectivity index is 1.85. The average molecular weight is 273 g/mol. The molecular formula is C18H11NO2. The lowest BCUT2D eigenvalue weighted by atomic mass is 10.1. The van der Waals surface area contributed by atoms with Gasteiger partial charge in [-0.3, -0.25) is 9.78 Å². The summed E-state index contributed by atoms with van der Waals surface area (Å²) in [5, 5.41) is 0. The number of fused-ring (bicyclic) bond motifs is 3. The van der Waals surface area contributed by atoms with Gasteiger partial charge in [-0.2, -0.15) is 0 Å². The molecule has 100 valence electrons. The van der Waals surface area contributed by atoms with Crippen LogP contribution in [0.1, 0.15) is 15.9 Å². The zero-order valence-electron chi connectivity index (χ0n) is 11.1. The molecule has 0 radical (unpaired) electrons. The van der Waals surface area contributed by atoms with Gasteiger partial charge in [-0.15, -0.1) is 0 Å². The van der Waals surface area contributed by atoms with E-state index < -0.39 is 0 Å². The monoisotopic (exact) mass is 273 g/mol. The Bertz CT molecular complexity index is 841. The highest BCUT2D eigenvalue weighted by atomic mass is 16.5. The third-order valence-electron chi connectivity index (χ3n) is 3.58. The van der Waals surface area contributed by atoms with Gasteiger partial charge in [0, 0.05) is 11.8 Å². The summed E-state index contributed by atoms with van der Waals surface area (Å²) in [6.07, 6.45) is 3.31. The van der Waals surface area contributed by atoms with E-state index in [1.165, 1.54) is 0 Å². The number of carbonyl (C=O) groups excluding carboxylic acids is 1. The smallest absolute Gasteiger partial charge is 0.198 e. The Morgan fingerprint density at radius 2 is 1.62 bits per heavy atom. The second-order valence-electron chi connectivity index (χ2n) is 4.84. The van der Waals surface area contributed by atoms with Gasteiger partial charge < -0.3 is 4.74 Å². The number of hydrogen-bond donors (Lipinski definition) is 0. The normalized spacial score (nSPS) is 11.9. The molecule has 1 aromatic heterocycles. The summed E-state index contributed by atoms with van der Waals surface area (Å²) in [6.45, 7) is 0. The third-order valence-corrected chi connectivity index (χ3v) is 3.58. The standard InChI is InChI=1S/C18H11NO2/c20-18-15-7-2-1-6-13(15)14-8-3-9-16(17(14)18)21-12-5-4-10-19-11-12/h1-11H. The first-order valence-electron chi connectivity index (χ1n) is 6.69. The molecule has 0 bridgehead atoms. The first-order chi connectivity index (χ1) is 10.3. The number of ketones is 1. The van der Waals surface area contributed by atoms with Crippen molar-refractivity contribution >= 4 is 5.78 Å². The van der Waals surface area contributed by atoms with E-state index in [4.69, 9.17) is 4.74 Å². The van der Waals surface area contributed by atoms with Crippen molar-refractivity contribution in [3.05, 3.63) is 78.1 Å². The van der Waals surface area contributed by atoms with Gasteiger partial charge in [0.25, 0.3) is 0 Å². The second kappa shape index (κ2) is 4.56. The summed E-state index contributed by atoms with van der Waals surface area (Å²) in [7, 11) is 0. The first kappa shape index (κ1) is 11.9. The second-order valence-corrected chi connectivity index (χ2v) is 4.84. The fourth-order valence-corrected chi connectivity index (χ4v) is 2.66. The van der Waals surface area contributed by atoms with Gasteiger partial charge in [0.15, 0.2) is 5.78 Å². The number of rotatable bonds is 2. The minimum Gasteiger partial charge on any atom is -0.455 e. The predicted molar refractivity (Wildman–Crippen MR) is 79.6 cm³/mol. The Morgan fingerprint density at radius 3 is 2.43 bits per heavy atom. The van der Waals surface area contributed by atoms with Crippen LogP contribution in [0, 0.1) is 0 Å². The van der Waals surface area contributed by atoms with E-state index >= 15 is 0 Å². The van der Waals surface area contributed by atoms with E-state index in [1.807, 2.05) is 48.5 Å². The SMILES string of the molecule is O=C1c2ccccc2-c2cccc(Oc3cccnc3)c21. The van der Waals surface area contributed by atoms with E-state index in [0.717, 1.165) is 16.7 Å². The molecule has 21 heavy (non-hydrogen) atoms. The lowest BCUT2D eigenvalue weighted by molar-refractivity contribution is 0.104. The molecule has 0 N–H and O–H groups in total. The molecule has 1 heterocycles. The molecule has 2 aromatic carbocycles. The summed E-state index contributed by atoms with van der Waals surface area (Å²) in [6, 6.07) is 16.9. The molecule has 3 aromatic rings. The average Bonchev–Trinajstić information content (AvgIpc) is 2.83. The van der Waals surface area contributed by atoms with Crippen LogP contribution in [0.3, 0.4) is 0 Å². The van der Waals surface area contributed by atoms with Crippen molar-refractivity contribution in [2.24, 2.45) is 0 Å². The minimum absolute atomic E-state index is 0.0140. The number of pyridine rings is 1. The van der Waals surface area contributed by atoms with Crippen LogP contribution in [0.5, 0.6) is 11.5 Å². The first-order valence-corrected chi connectivity index (χ1v) is 6.69. The van der Waals surface area contributed by atoms with Crippen LogP contribution in [0.4, 0.5) is 0 Å². The lowest BCUT2D eigenvalue weighted by Gasteiger charge is -2.09. The topological polar surface area (TPSA) is 39.2 Å². The molecule has 0 unspecified atom stereocenters. The zero-order valence-corrected chi connectivity index (χ0v) is 11.1. The lowest BCUT2D eigenvalue weighted by Crippen LogP contribution is -1.98. The van der Waals surface area contributed by atoms with Crippen LogP contribution < -0.4 is 4.74 Å². The maximum Gasteiger partial charge on any atom is 0.198 e. The molecule has 0 saturated carbocycles. The fourth-order valence-electron chi connectivity index (χ4n) is 2.66.